The van der Waals surface area contributed by atoms with E-state index in [1.165, 1.54) is 25.7 Å². The molecule has 1 N–H and O–H groups in total. The minimum absolute atomic E-state index is 0.0421. The van der Waals surface area contributed by atoms with Crippen LogP contribution < -0.4 is 5.76 Å². The number of rotatable bonds is 6. The zero-order valence-corrected chi connectivity index (χ0v) is 19.5. The quantitative estimate of drug-likeness (QED) is 0.376. The lowest BCUT2D eigenvalue weighted by molar-refractivity contribution is 0.281. The molecule has 9 heteroatoms. The maximum Gasteiger partial charge on any atom is 0.434 e. The summed E-state index contributed by atoms with van der Waals surface area (Å²) in [5.74, 6) is 2.32. The van der Waals surface area contributed by atoms with Gasteiger partial charge in [0.25, 0.3) is 5.89 Å². The van der Waals surface area contributed by atoms with Crippen LogP contribution in [0.25, 0.3) is 34.1 Å². The van der Waals surface area contributed by atoms with Crippen molar-refractivity contribution in [3.8, 4) is 23.0 Å². The van der Waals surface area contributed by atoms with E-state index < -0.39 is 5.76 Å². The van der Waals surface area contributed by atoms with Crippen LogP contribution in [0, 0.1) is 11.8 Å². The maximum atomic E-state index is 11.6. The molecule has 2 aliphatic carbocycles. The van der Waals surface area contributed by atoms with Gasteiger partial charge >= 0.3 is 5.76 Å². The molecule has 8 nitrogen and oxygen atoms in total. The van der Waals surface area contributed by atoms with E-state index in [9.17, 15) is 4.79 Å². The molecule has 0 atom stereocenters. The van der Waals surface area contributed by atoms with Crippen LogP contribution in [0.5, 0.6) is 0 Å². The fourth-order valence-electron chi connectivity index (χ4n) is 5.01. The van der Waals surface area contributed by atoms with Crippen LogP contribution >= 0.6 is 11.6 Å². The van der Waals surface area contributed by atoms with E-state index in [4.69, 9.17) is 26.0 Å². The Balaban J connectivity index is 1.52. The maximum absolute atomic E-state index is 11.6. The van der Waals surface area contributed by atoms with Crippen molar-refractivity contribution in [2.24, 2.45) is 11.8 Å². The van der Waals surface area contributed by atoms with Gasteiger partial charge in [0.05, 0.1) is 0 Å². The number of imidazole rings is 1. The molecule has 3 aromatic heterocycles. The van der Waals surface area contributed by atoms with Gasteiger partial charge in [-0.25, -0.2) is 24.8 Å². The molecule has 2 saturated carbocycles. The van der Waals surface area contributed by atoms with E-state index in [1.807, 2.05) is 24.3 Å². The average Bonchev–Trinajstić information content (AvgIpc) is 3.50. The molecular weight excluding hydrogens is 452 g/mol. The molecule has 2 fully saturated rings. The van der Waals surface area contributed by atoms with Gasteiger partial charge in [-0.2, -0.15) is 0 Å². The Kier molecular flexibility index (Phi) is 5.32. The Hall–Kier alpha value is -3.26. The lowest BCUT2D eigenvalue weighted by Crippen LogP contribution is -2.19. The SMILES string of the molecule is C=CC1CCC(Cn2c(C3CC3)nc3nc(-c4n[nH]c(=O)o4)nc(-c4cccc(Cl)c4)c32)CC1. The molecule has 0 amide bonds. The normalized spacial score (nSPS) is 20.6. The number of aromatic nitrogens is 6. The molecule has 0 radical (unpaired) electrons. The molecular formula is C25H25ClN6O2. The van der Waals surface area contributed by atoms with Gasteiger partial charge in [-0.05, 0) is 62.5 Å². The van der Waals surface area contributed by atoms with Crippen LogP contribution in [-0.4, -0.2) is 29.7 Å². The smallest absolute Gasteiger partial charge is 0.384 e. The van der Waals surface area contributed by atoms with Crippen LogP contribution in [-0.2, 0) is 6.54 Å². The largest absolute Gasteiger partial charge is 0.434 e. The van der Waals surface area contributed by atoms with Crippen molar-refractivity contribution in [2.45, 2.75) is 51.0 Å². The topological polar surface area (TPSA) is 102 Å². The van der Waals surface area contributed by atoms with E-state index in [2.05, 4.69) is 32.4 Å². The summed E-state index contributed by atoms with van der Waals surface area (Å²) in [5.41, 5.74) is 3.06. The van der Waals surface area contributed by atoms with Crippen molar-refractivity contribution in [3.05, 3.63) is 58.3 Å². The van der Waals surface area contributed by atoms with E-state index in [0.717, 1.165) is 36.3 Å². The molecule has 0 bridgehead atoms. The number of allylic oxidation sites excluding steroid dienone is 1. The minimum atomic E-state index is -0.651. The highest BCUT2D eigenvalue weighted by atomic mass is 35.5. The number of H-pyrrole nitrogens is 1. The Labute approximate surface area is 201 Å². The third kappa shape index (κ3) is 3.96. The predicted molar refractivity (Wildman–Crippen MR) is 130 cm³/mol. The molecule has 2 aliphatic rings. The van der Waals surface area contributed by atoms with Crippen LogP contribution in [0.15, 0.2) is 46.1 Å². The number of hydrogen-bond acceptors (Lipinski definition) is 6. The molecule has 4 aromatic rings. The molecule has 0 saturated heterocycles. The van der Waals surface area contributed by atoms with E-state index in [1.54, 1.807) is 0 Å². The third-order valence-corrected chi connectivity index (χ3v) is 7.20. The van der Waals surface area contributed by atoms with Gasteiger partial charge in [0.15, 0.2) is 5.65 Å². The number of benzene rings is 1. The van der Waals surface area contributed by atoms with Crippen molar-refractivity contribution >= 4 is 22.8 Å². The molecule has 0 unspecified atom stereocenters. The standard InChI is InChI=1S/C25H25ClN6O2/c1-2-14-6-8-15(9-7-14)13-32-20-19(17-4-3-5-18(26)12-17)27-22(24-30-31-25(33)34-24)28-21(20)29-23(32)16-10-11-16/h2-5,12,14-16H,1,6-11,13H2,(H,31,33). The minimum Gasteiger partial charge on any atom is -0.384 e. The fraction of sp³-hybridized carbons (Fsp3) is 0.400. The molecule has 6 rings (SSSR count). The van der Waals surface area contributed by atoms with E-state index >= 15 is 0 Å². The number of nitrogens with one attached hydrogen (secondary N) is 1. The van der Waals surface area contributed by atoms with Crippen LogP contribution in [0.3, 0.4) is 0 Å². The molecule has 34 heavy (non-hydrogen) atoms. The second-order valence-corrected chi connectivity index (χ2v) is 9.80. The van der Waals surface area contributed by atoms with E-state index in [0.29, 0.717) is 34.1 Å². The number of fused-ring (bicyclic) bond motifs is 1. The van der Waals surface area contributed by atoms with Crippen molar-refractivity contribution in [3.63, 3.8) is 0 Å². The van der Waals surface area contributed by atoms with Gasteiger partial charge < -0.3 is 8.98 Å². The highest BCUT2D eigenvalue weighted by Gasteiger charge is 2.33. The van der Waals surface area contributed by atoms with Gasteiger partial charge in [0.1, 0.15) is 17.0 Å². The first-order valence-electron chi connectivity index (χ1n) is 11.8. The van der Waals surface area contributed by atoms with Gasteiger partial charge in [0, 0.05) is 23.0 Å². The second-order valence-electron chi connectivity index (χ2n) is 9.37. The van der Waals surface area contributed by atoms with Crippen molar-refractivity contribution in [1.82, 2.24) is 29.7 Å². The highest BCUT2D eigenvalue weighted by molar-refractivity contribution is 6.30. The van der Waals surface area contributed by atoms with Crippen molar-refractivity contribution in [2.75, 3.05) is 0 Å². The number of aromatic amines is 1. The first-order valence-corrected chi connectivity index (χ1v) is 12.2. The summed E-state index contributed by atoms with van der Waals surface area (Å²) in [7, 11) is 0. The number of hydrogen-bond donors (Lipinski definition) is 1. The summed E-state index contributed by atoms with van der Waals surface area (Å²) < 4.78 is 7.50. The van der Waals surface area contributed by atoms with Crippen molar-refractivity contribution < 1.29 is 4.42 Å². The van der Waals surface area contributed by atoms with E-state index in [-0.39, 0.29) is 11.7 Å². The summed E-state index contributed by atoms with van der Waals surface area (Å²) in [5, 5.41) is 6.84. The second kappa shape index (κ2) is 8.51. The summed E-state index contributed by atoms with van der Waals surface area (Å²) in [6.07, 6.45) is 9.06. The number of nitrogens with zero attached hydrogens (tertiary/aromatic N) is 5. The van der Waals surface area contributed by atoms with Crippen LogP contribution in [0.2, 0.25) is 5.02 Å². The lowest BCUT2D eigenvalue weighted by Gasteiger charge is -2.27. The first kappa shape index (κ1) is 21.3. The monoisotopic (exact) mass is 476 g/mol. The summed E-state index contributed by atoms with van der Waals surface area (Å²) >= 11 is 6.34. The third-order valence-electron chi connectivity index (χ3n) is 6.97. The molecule has 1 aromatic carbocycles. The van der Waals surface area contributed by atoms with Crippen LogP contribution in [0.4, 0.5) is 0 Å². The summed E-state index contributed by atoms with van der Waals surface area (Å²) in [4.78, 5) is 26.0. The number of halogens is 1. The van der Waals surface area contributed by atoms with Gasteiger partial charge in [0.2, 0.25) is 5.82 Å². The summed E-state index contributed by atoms with van der Waals surface area (Å²) in [6.45, 7) is 4.87. The van der Waals surface area contributed by atoms with Gasteiger partial charge in [-0.15, -0.1) is 11.7 Å². The Bertz CT molecular complexity index is 1420. The van der Waals surface area contributed by atoms with Gasteiger partial charge in [-0.3, -0.25) is 0 Å². The lowest BCUT2D eigenvalue weighted by atomic mass is 9.82. The van der Waals surface area contributed by atoms with Gasteiger partial charge in [-0.1, -0.05) is 29.8 Å². The summed E-state index contributed by atoms with van der Waals surface area (Å²) in [6, 6.07) is 7.60. The Morgan fingerprint density at radius 3 is 2.65 bits per heavy atom. The molecule has 174 valence electrons. The fourth-order valence-corrected chi connectivity index (χ4v) is 5.20. The highest BCUT2D eigenvalue weighted by Crippen LogP contribution is 2.43. The first-order chi connectivity index (χ1) is 16.6. The zero-order chi connectivity index (χ0) is 23.2. The molecule has 3 heterocycles. The Morgan fingerprint density at radius 1 is 1.15 bits per heavy atom. The van der Waals surface area contributed by atoms with Crippen LogP contribution in [0.1, 0.15) is 50.3 Å². The molecule has 0 spiro atoms. The Morgan fingerprint density at radius 2 is 1.97 bits per heavy atom. The predicted octanol–water partition coefficient (Wildman–Crippen LogP) is 5.36. The molecule has 0 aliphatic heterocycles. The van der Waals surface area contributed by atoms with Crippen molar-refractivity contribution in [1.29, 1.82) is 0 Å². The zero-order valence-electron chi connectivity index (χ0n) is 18.7. The average molecular weight is 477 g/mol.